The number of thiazole rings is 1. The van der Waals surface area contributed by atoms with Crippen molar-refractivity contribution in [3.63, 3.8) is 0 Å². The number of aromatic carboxylic acids is 1. The lowest BCUT2D eigenvalue weighted by molar-refractivity contribution is 0.0695. The maximum absolute atomic E-state index is 12.5. The van der Waals surface area contributed by atoms with Gasteiger partial charge >= 0.3 is 5.97 Å². The Hall–Kier alpha value is -2.81. The molecule has 0 radical (unpaired) electrons. The molecule has 1 aliphatic heterocycles. The molecule has 3 aromatic rings. The topological polar surface area (TPSA) is 101 Å². The van der Waals surface area contributed by atoms with Crippen LogP contribution in [-0.4, -0.2) is 43.2 Å². The summed E-state index contributed by atoms with van der Waals surface area (Å²) in [5, 5.41) is 11.7. The van der Waals surface area contributed by atoms with Crippen LogP contribution in [0, 0.1) is 0 Å². The lowest BCUT2D eigenvalue weighted by Crippen LogP contribution is -2.30. The van der Waals surface area contributed by atoms with E-state index >= 15 is 0 Å². The highest BCUT2D eigenvalue weighted by atomic mass is 32.1. The lowest BCUT2D eigenvalue weighted by Gasteiger charge is -2.24. The predicted molar refractivity (Wildman–Crippen MR) is 98.4 cm³/mol. The molecule has 0 aliphatic carbocycles. The minimum atomic E-state index is -1.29. The van der Waals surface area contributed by atoms with Gasteiger partial charge in [0, 0.05) is 30.4 Å². The van der Waals surface area contributed by atoms with Crippen molar-refractivity contribution in [2.45, 2.75) is 32.2 Å². The molecule has 26 heavy (non-hydrogen) atoms. The first-order valence-corrected chi connectivity index (χ1v) is 9.30. The fourth-order valence-electron chi connectivity index (χ4n) is 3.41. The van der Waals surface area contributed by atoms with E-state index in [9.17, 15) is 14.7 Å². The Morgan fingerprint density at radius 1 is 1.42 bits per heavy atom. The van der Waals surface area contributed by atoms with E-state index in [1.54, 1.807) is 22.3 Å². The van der Waals surface area contributed by atoms with Crippen LogP contribution in [0.4, 0.5) is 5.82 Å². The molecule has 134 valence electrons. The molecule has 4 heterocycles. The standard InChI is InChI=1S/C17H17N5O3S/c1-2-10-4-3-6-21(10)12-8-19-13-14(23)11(16(24)25)9-22(15(13)20-12)17-18-5-7-26-17/h5,7-10H,2-4,6H2,1H3,(H,24,25)/t10-/m1/s1. The van der Waals surface area contributed by atoms with Gasteiger partial charge in [0.05, 0.1) is 6.20 Å². The minimum Gasteiger partial charge on any atom is -0.477 e. The molecule has 0 unspecified atom stereocenters. The van der Waals surface area contributed by atoms with Crippen LogP contribution in [0.15, 0.2) is 28.8 Å². The Balaban J connectivity index is 1.97. The normalized spacial score (nSPS) is 17.1. The molecule has 8 nitrogen and oxygen atoms in total. The molecule has 0 amide bonds. The summed E-state index contributed by atoms with van der Waals surface area (Å²) in [6.07, 6.45) is 7.68. The number of fused-ring (bicyclic) bond motifs is 1. The summed E-state index contributed by atoms with van der Waals surface area (Å²) in [4.78, 5) is 39.4. The molecule has 1 saturated heterocycles. The quantitative estimate of drug-likeness (QED) is 0.751. The number of carbonyl (C=O) groups is 1. The molecule has 1 fully saturated rings. The SMILES string of the molecule is CC[C@@H]1CCCN1c1cnc2c(=O)c(C(=O)O)cn(-c3nccs3)c2n1. The fraction of sp³-hybridized carbons (Fsp3) is 0.353. The Labute approximate surface area is 152 Å². The summed E-state index contributed by atoms with van der Waals surface area (Å²) in [6.45, 7) is 3.04. The number of anilines is 1. The molecule has 0 saturated carbocycles. The van der Waals surface area contributed by atoms with E-state index < -0.39 is 11.4 Å². The predicted octanol–water partition coefficient (Wildman–Crippen LogP) is 2.31. The van der Waals surface area contributed by atoms with Crippen LogP contribution in [0.2, 0.25) is 0 Å². The lowest BCUT2D eigenvalue weighted by atomic mass is 10.2. The van der Waals surface area contributed by atoms with Crippen molar-refractivity contribution in [1.82, 2.24) is 19.5 Å². The zero-order valence-electron chi connectivity index (χ0n) is 14.1. The van der Waals surface area contributed by atoms with Gasteiger partial charge in [-0.25, -0.2) is 19.7 Å². The Kier molecular flexibility index (Phi) is 4.15. The maximum atomic E-state index is 12.5. The van der Waals surface area contributed by atoms with Crippen LogP contribution in [0.1, 0.15) is 36.5 Å². The van der Waals surface area contributed by atoms with E-state index in [0.29, 0.717) is 22.6 Å². The molecule has 1 atom stereocenters. The summed E-state index contributed by atoms with van der Waals surface area (Å²) in [7, 11) is 0. The first-order chi connectivity index (χ1) is 12.6. The number of aromatic nitrogens is 4. The average Bonchev–Trinajstić information content (AvgIpc) is 3.33. The Bertz CT molecular complexity index is 1030. The van der Waals surface area contributed by atoms with Crippen molar-refractivity contribution in [2.24, 2.45) is 0 Å². The van der Waals surface area contributed by atoms with Crippen molar-refractivity contribution in [1.29, 1.82) is 0 Å². The van der Waals surface area contributed by atoms with Gasteiger partial charge in [-0.2, -0.15) is 0 Å². The third-order valence-corrected chi connectivity index (χ3v) is 5.46. The van der Waals surface area contributed by atoms with Gasteiger partial charge in [-0.1, -0.05) is 6.92 Å². The van der Waals surface area contributed by atoms with Crippen LogP contribution in [-0.2, 0) is 0 Å². The van der Waals surface area contributed by atoms with E-state index in [4.69, 9.17) is 0 Å². The zero-order chi connectivity index (χ0) is 18.3. The van der Waals surface area contributed by atoms with Gasteiger partial charge in [0.1, 0.15) is 11.4 Å². The highest BCUT2D eigenvalue weighted by molar-refractivity contribution is 7.12. The molecular formula is C17H17N5O3S. The molecule has 0 aromatic carbocycles. The van der Waals surface area contributed by atoms with E-state index in [2.05, 4.69) is 26.8 Å². The van der Waals surface area contributed by atoms with Gasteiger partial charge in [0.15, 0.2) is 16.3 Å². The number of hydrogen-bond donors (Lipinski definition) is 1. The average molecular weight is 371 g/mol. The summed E-state index contributed by atoms with van der Waals surface area (Å²) in [6, 6.07) is 0.403. The van der Waals surface area contributed by atoms with Gasteiger partial charge < -0.3 is 10.0 Å². The van der Waals surface area contributed by atoms with Gasteiger partial charge in [-0.15, -0.1) is 11.3 Å². The molecular weight excluding hydrogens is 354 g/mol. The first-order valence-electron chi connectivity index (χ1n) is 8.42. The van der Waals surface area contributed by atoms with Crippen molar-refractivity contribution in [2.75, 3.05) is 11.4 Å². The molecule has 3 aromatic heterocycles. The molecule has 1 aliphatic rings. The number of rotatable bonds is 4. The molecule has 9 heteroatoms. The largest absolute Gasteiger partial charge is 0.477 e. The third kappa shape index (κ3) is 2.64. The van der Waals surface area contributed by atoms with Crippen molar-refractivity contribution in [3.8, 4) is 5.13 Å². The second-order valence-electron chi connectivity index (χ2n) is 6.16. The van der Waals surface area contributed by atoms with Crippen LogP contribution < -0.4 is 10.3 Å². The summed E-state index contributed by atoms with van der Waals surface area (Å²) < 4.78 is 1.54. The number of pyridine rings is 1. The van der Waals surface area contributed by atoms with Gasteiger partial charge in [0.25, 0.3) is 0 Å². The number of carboxylic acids is 1. The summed E-state index contributed by atoms with van der Waals surface area (Å²) in [5.74, 6) is -0.590. The van der Waals surface area contributed by atoms with Crippen LogP contribution in [0.5, 0.6) is 0 Å². The van der Waals surface area contributed by atoms with Gasteiger partial charge in [-0.3, -0.25) is 9.36 Å². The monoisotopic (exact) mass is 371 g/mol. The fourth-order valence-corrected chi connectivity index (χ4v) is 4.03. The molecule has 1 N–H and O–H groups in total. The second-order valence-corrected chi connectivity index (χ2v) is 7.03. The molecule has 4 rings (SSSR count). The minimum absolute atomic E-state index is 0.0381. The van der Waals surface area contributed by atoms with Crippen molar-refractivity contribution in [3.05, 3.63) is 39.8 Å². The summed E-state index contributed by atoms with van der Waals surface area (Å²) in [5.41, 5.74) is -0.611. The molecule has 0 bridgehead atoms. The van der Waals surface area contributed by atoms with Gasteiger partial charge in [0.2, 0.25) is 5.43 Å². The Morgan fingerprint density at radius 2 is 2.27 bits per heavy atom. The maximum Gasteiger partial charge on any atom is 0.341 e. The zero-order valence-corrected chi connectivity index (χ0v) is 14.9. The summed E-state index contributed by atoms with van der Waals surface area (Å²) >= 11 is 1.34. The van der Waals surface area contributed by atoms with E-state index in [1.807, 2.05) is 0 Å². The smallest absolute Gasteiger partial charge is 0.341 e. The van der Waals surface area contributed by atoms with Crippen LogP contribution >= 0.6 is 11.3 Å². The van der Waals surface area contributed by atoms with Crippen molar-refractivity contribution >= 4 is 34.3 Å². The first kappa shape index (κ1) is 16.6. The van der Waals surface area contributed by atoms with Gasteiger partial charge in [-0.05, 0) is 19.3 Å². The number of carboxylic acid groups (broad SMARTS) is 1. The van der Waals surface area contributed by atoms with E-state index in [-0.39, 0.29) is 11.1 Å². The highest BCUT2D eigenvalue weighted by Gasteiger charge is 2.26. The van der Waals surface area contributed by atoms with Crippen LogP contribution in [0.3, 0.4) is 0 Å². The Morgan fingerprint density at radius 3 is 2.96 bits per heavy atom. The highest BCUT2D eigenvalue weighted by Crippen LogP contribution is 2.27. The van der Waals surface area contributed by atoms with E-state index in [0.717, 1.165) is 25.8 Å². The number of nitrogens with zero attached hydrogens (tertiary/aromatic N) is 5. The van der Waals surface area contributed by atoms with Crippen LogP contribution in [0.25, 0.3) is 16.3 Å². The van der Waals surface area contributed by atoms with E-state index in [1.165, 1.54) is 17.5 Å². The molecule has 0 spiro atoms. The second kappa shape index (κ2) is 6.49. The number of hydrogen-bond acceptors (Lipinski definition) is 7. The van der Waals surface area contributed by atoms with Crippen molar-refractivity contribution < 1.29 is 9.90 Å². The third-order valence-electron chi connectivity index (χ3n) is 4.69.